The third-order valence-corrected chi connectivity index (χ3v) is 13.6. The number of nitrogens with one attached hydrogen (secondary N) is 2. The molecule has 0 aliphatic rings. The molecule has 0 amide bonds. The number of esters is 1. The number of methoxy groups -OCH3 is 1. The molecular weight excluding hydrogens is 456 g/mol. The predicted molar refractivity (Wildman–Crippen MR) is 135 cm³/mol. The van der Waals surface area contributed by atoms with Crippen LogP contribution >= 0.6 is 0 Å². The third kappa shape index (κ3) is 6.81. The highest BCUT2D eigenvalue weighted by Gasteiger charge is 2.40. The molecule has 33 heavy (non-hydrogen) atoms. The average molecular weight is 493 g/mol. The van der Waals surface area contributed by atoms with E-state index in [1.807, 2.05) is 52.1 Å². The van der Waals surface area contributed by atoms with Gasteiger partial charge in [0.05, 0.1) is 18.4 Å². The number of hydrogen-bond acceptors (Lipinski definition) is 6. The van der Waals surface area contributed by atoms with E-state index in [0.29, 0.717) is 18.0 Å². The maximum Gasteiger partial charge on any atom is 0.337 e. The van der Waals surface area contributed by atoms with E-state index in [1.54, 1.807) is 18.2 Å². The fourth-order valence-electron chi connectivity index (χ4n) is 2.82. The molecule has 0 radical (unpaired) electrons. The summed E-state index contributed by atoms with van der Waals surface area (Å²) in [5.41, 5.74) is 0.554. The highest BCUT2D eigenvalue weighted by atomic mass is 32.2. The van der Waals surface area contributed by atoms with Crippen molar-refractivity contribution in [1.82, 2.24) is 4.39 Å². The molecule has 0 saturated carbocycles. The number of ether oxygens (including phenoxy) is 2. The molecule has 2 aromatic rings. The molecule has 0 fully saturated rings. The first-order chi connectivity index (χ1) is 15.3. The lowest BCUT2D eigenvalue weighted by molar-refractivity contribution is 0.0600. The van der Waals surface area contributed by atoms with Crippen LogP contribution in [0.3, 0.4) is 0 Å². The summed E-state index contributed by atoms with van der Waals surface area (Å²) in [5, 5.41) is 3.01. The Hall–Kier alpha value is -2.36. The minimum Gasteiger partial charge on any atom is -0.465 e. The van der Waals surface area contributed by atoms with Gasteiger partial charge < -0.3 is 14.8 Å². The first kappa shape index (κ1) is 26.9. The van der Waals surface area contributed by atoms with Crippen LogP contribution in [0.2, 0.25) is 18.1 Å². The number of para-hydroxylation sites is 1. The van der Waals surface area contributed by atoms with Crippen LogP contribution in [0.1, 0.15) is 50.9 Å². The van der Waals surface area contributed by atoms with E-state index < -0.39 is 24.2 Å². The van der Waals surface area contributed by atoms with Gasteiger partial charge in [-0.05, 0) is 35.7 Å². The SMILES string of the molecule is CCCCNc1cc(C(=O)OC)cc(S(=O)(=O)N[Si](C)(C)C(C)(C)C)c1Oc1ccccc1. The molecule has 0 aromatic heterocycles. The van der Waals surface area contributed by atoms with Gasteiger partial charge >= 0.3 is 5.97 Å². The number of rotatable bonds is 10. The van der Waals surface area contributed by atoms with Crippen LogP contribution in [0, 0.1) is 0 Å². The summed E-state index contributed by atoms with van der Waals surface area (Å²) in [6.07, 6.45) is 1.83. The molecule has 0 heterocycles. The van der Waals surface area contributed by atoms with Gasteiger partial charge in [-0.3, -0.25) is 0 Å². The molecule has 0 aliphatic heterocycles. The van der Waals surface area contributed by atoms with Gasteiger partial charge in [-0.1, -0.05) is 65.4 Å². The van der Waals surface area contributed by atoms with Crippen LogP contribution < -0.4 is 14.4 Å². The zero-order valence-electron chi connectivity index (χ0n) is 20.6. The minimum absolute atomic E-state index is 0.0990. The fourth-order valence-corrected chi connectivity index (χ4v) is 7.85. The van der Waals surface area contributed by atoms with E-state index in [0.717, 1.165) is 12.8 Å². The highest BCUT2D eigenvalue weighted by Crippen LogP contribution is 2.40. The van der Waals surface area contributed by atoms with E-state index in [-0.39, 0.29) is 21.2 Å². The van der Waals surface area contributed by atoms with Crippen molar-refractivity contribution in [3.63, 3.8) is 0 Å². The van der Waals surface area contributed by atoms with Crippen LogP contribution in [-0.4, -0.2) is 36.3 Å². The Labute approximate surface area is 199 Å². The Balaban J connectivity index is 2.72. The van der Waals surface area contributed by atoms with Crippen LogP contribution in [0.15, 0.2) is 47.4 Å². The van der Waals surface area contributed by atoms with Crippen molar-refractivity contribution in [1.29, 1.82) is 0 Å². The van der Waals surface area contributed by atoms with E-state index in [9.17, 15) is 13.2 Å². The van der Waals surface area contributed by atoms with Crippen molar-refractivity contribution in [3.8, 4) is 11.5 Å². The van der Waals surface area contributed by atoms with Crippen molar-refractivity contribution < 1.29 is 22.7 Å². The Kier molecular flexibility index (Phi) is 8.73. The van der Waals surface area contributed by atoms with Crippen molar-refractivity contribution in [2.45, 2.75) is 63.6 Å². The maximum atomic E-state index is 13.7. The summed E-state index contributed by atoms with van der Waals surface area (Å²) in [6.45, 7) is 12.7. The molecule has 2 aromatic carbocycles. The summed E-state index contributed by atoms with van der Waals surface area (Å²) < 4.78 is 41.4. The van der Waals surface area contributed by atoms with Crippen molar-refractivity contribution in [2.75, 3.05) is 19.0 Å². The van der Waals surface area contributed by atoms with E-state index in [1.165, 1.54) is 13.2 Å². The summed E-state index contributed by atoms with van der Waals surface area (Å²) in [5.74, 6) is 0.0189. The Morgan fingerprint density at radius 1 is 1.09 bits per heavy atom. The molecular formula is C24H36N2O5SSi. The lowest BCUT2D eigenvalue weighted by Gasteiger charge is -2.37. The number of benzene rings is 2. The van der Waals surface area contributed by atoms with Crippen LogP contribution in [0.25, 0.3) is 0 Å². The summed E-state index contributed by atoms with van der Waals surface area (Å²) >= 11 is 0. The minimum atomic E-state index is -4.03. The maximum absolute atomic E-state index is 13.7. The molecule has 182 valence electrons. The topological polar surface area (TPSA) is 93.7 Å². The number of carbonyl (C=O) groups excluding carboxylic acids is 1. The van der Waals surface area contributed by atoms with Crippen LogP contribution in [0.4, 0.5) is 5.69 Å². The molecule has 2 rings (SSSR count). The Bertz CT molecular complexity index is 1060. The smallest absolute Gasteiger partial charge is 0.337 e. The molecule has 0 unspecified atom stereocenters. The quantitative estimate of drug-likeness (QED) is 0.249. The lowest BCUT2D eigenvalue weighted by atomic mass is 10.1. The van der Waals surface area contributed by atoms with Crippen LogP contribution in [-0.2, 0) is 14.8 Å². The first-order valence-corrected chi connectivity index (χ1v) is 15.6. The molecule has 2 N–H and O–H groups in total. The summed E-state index contributed by atoms with van der Waals surface area (Å²) in [7, 11) is -5.23. The van der Waals surface area contributed by atoms with Gasteiger partial charge in [0, 0.05) is 6.54 Å². The van der Waals surface area contributed by atoms with Crippen molar-refractivity contribution in [3.05, 3.63) is 48.0 Å². The zero-order chi connectivity index (χ0) is 24.9. The Morgan fingerprint density at radius 3 is 2.27 bits per heavy atom. The second kappa shape index (κ2) is 10.7. The average Bonchev–Trinajstić information content (AvgIpc) is 2.73. The molecule has 0 saturated heterocycles. The largest absolute Gasteiger partial charge is 0.465 e. The molecule has 0 atom stereocenters. The van der Waals surface area contributed by atoms with Gasteiger partial charge in [0.15, 0.2) is 5.75 Å². The van der Waals surface area contributed by atoms with Gasteiger partial charge in [0.25, 0.3) is 0 Å². The molecule has 9 heteroatoms. The van der Waals surface area contributed by atoms with Gasteiger partial charge in [-0.2, -0.15) is 0 Å². The molecule has 0 spiro atoms. The highest BCUT2D eigenvalue weighted by molar-refractivity contribution is 7.91. The lowest BCUT2D eigenvalue weighted by Crippen LogP contribution is -2.54. The van der Waals surface area contributed by atoms with Crippen LogP contribution in [0.5, 0.6) is 11.5 Å². The number of carbonyl (C=O) groups is 1. The van der Waals surface area contributed by atoms with E-state index in [2.05, 4.69) is 16.6 Å². The monoisotopic (exact) mass is 492 g/mol. The van der Waals surface area contributed by atoms with Gasteiger partial charge in [0.1, 0.15) is 18.9 Å². The summed E-state index contributed by atoms with van der Waals surface area (Å²) in [6, 6.07) is 11.9. The zero-order valence-corrected chi connectivity index (χ0v) is 22.4. The number of unbranched alkanes of at least 4 members (excludes halogenated alkanes) is 1. The van der Waals surface area contributed by atoms with Gasteiger partial charge in [0.2, 0.25) is 10.0 Å². The molecule has 7 nitrogen and oxygen atoms in total. The number of hydrogen-bond donors (Lipinski definition) is 2. The standard InChI is InChI=1S/C24H36N2O5SSi/c1-8-9-15-25-20-16-18(23(27)30-5)17-21(22(20)31-19-13-11-10-12-14-19)32(28,29)26-33(6,7)24(2,3)4/h10-14,16-17,25-26H,8-9,15H2,1-7H3. The first-order valence-electron chi connectivity index (χ1n) is 11.1. The van der Waals surface area contributed by atoms with Gasteiger partial charge in [-0.15, -0.1) is 0 Å². The normalized spacial score (nSPS) is 12.3. The van der Waals surface area contributed by atoms with Gasteiger partial charge in [-0.25, -0.2) is 17.6 Å². The molecule has 0 aliphatic carbocycles. The number of anilines is 1. The predicted octanol–water partition coefficient (Wildman–Crippen LogP) is 5.76. The Morgan fingerprint density at radius 2 is 1.73 bits per heavy atom. The molecule has 0 bridgehead atoms. The second-order valence-corrected chi connectivity index (χ2v) is 16.5. The second-order valence-electron chi connectivity index (χ2n) is 9.52. The van der Waals surface area contributed by atoms with E-state index in [4.69, 9.17) is 9.47 Å². The number of sulfonamides is 1. The van der Waals surface area contributed by atoms with Crippen molar-refractivity contribution >= 4 is 29.9 Å². The van der Waals surface area contributed by atoms with Crippen molar-refractivity contribution in [2.24, 2.45) is 0 Å². The van der Waals surface area contributed by atoms with E-state index >= 15 is 0 Å². The fraction of sp³-hybridized carbons (Fsp3) is 0.458. The summed E-state index contributed by atoms with van der Waals surface area (Å²) in [4.78, 5) is 12.3. The third-order valence-electron chi connectivity index (χ3n) is 5.84.